The van der Waals surface area contributed by atoms with Crippen molar-refractivity contribution in [1.82, 2.24) is 19.9 Å². The zero-order chi connectivity index (χ0) is 24.0. The summed E-state index contributed by atoms with van der Waals surface area (Å²) in [5, 5.41) is 11.0. The van der Waals surface area contributed by atoms with Crippen molar-refractivity contribution in [2.75, 3.05) is 18.4 Å². The average Bonchev–Trinajstić information content (AvgIpc) is 3.17. The average molecular weight is 473 g/mol. The van der Waals surface area contributed by atoms with E-state index in [1.165, 1.54) is 6.07 Å². The second-order valence-electron chi connectivity index (χ2n) is 8.19. The van der Waals surface area contributed by atoms with Crippen LogP contribution in [0, 0.1) is 5.82 Å². The summed E-state index contributed by atoms with van der Waals surface area (Å²) in [5.41, 5.74) is -0.0816. The number of benzene rings is 2. The van der Waals surface area contributed by atoms with Gasteiger partial charge in [-0.2, -0.15) is 18.3 Å². The molecule has 7 nitrogen and oxygen atoms in total. The number of nitrogens with one attached hydrogen (secondary N) is 3. The summed E-state index contributed by atoms with van der Waals surface area (Å²) in [5.74, 6) is -2.20. The number of rotatable bonds is 3. The van der Waals surface area contributed by atoms with Crippen LogP contribution < -0.4 is 16.2 Å². The Morgan fingerprint density at radius 2 is 1.88 bits per heavy atom. The van der Waals surface area contributed by atoms with Crippen molar-refractivity contribution >= 4 is 28.1 Å². The van der Waals surface area contributed by atoms with E-state index in [0.29, 0.717) is 28.7 Å². The normalized spacial score (nSPS) is 15.2. The van der Waals surface area contributed by atoms with Crippen molar-refractivity contribution in [3.8, 4) is 0 Å². The molecule has 3 heterocycles. The molecular formula is C23H19F4N5O2. The van der Waals surface area contributed by atoms with E-state index in [9.17, 15) is 27.2 Å². The first-order valence-electron chi connectivity index (χ1n) is 10.7. The minimum Gasteiger partial charge on any atom is -0.321 e. The molecule has 11 heteroatoms. The molecule has 0 atom stereocenters. The fourth-order valence-electron chi connectivity index (χ4n) is 4.38. The van der Waals surface area contributed by atoms with Crippen LogP contribution in [0.15, 0.2) is 47.3 Å². The molecular weight excluding hydrogens is 454 g/mol. The van der Waals surface area contributed by atoms with Crippen LogP contribution in [-0.4, -0.2) is 33.6 Å². The number of hydrogen-bond donors (Lipinski definition) is 3. The molecule has 0 saturated carbocycles. The summed E-state index contributed by atoms with van der Waals surface area (Å²) >= 11 is 0. The lowest BCUT2D eigenvalue weighted by Gasteiger charge is -2.23. The molecule has 1 aliphatic heterocycles. The van der Waals surface area contributed by atoms with Crippen molar-refractivity contribution in [2.45, 2.75) is 24.9 Å². The lowest BCUT2D eigenvalue weighted by Crippen LogP contribution is -2.28. The van der Waals surface area contributed by atoms with Gasteiger partial charge in [0, 0.05) is 17.5 Å². The van der Waals surface area contributed by atoms with E-state index in [0.717, 1.165) is 37.7 Å². The van der Waals surface area contributed by atoms with Gasteiger partial charge in [-0.05, 0) is 56.3 Å². The van der Waals surface area contributed by atoms with Gasteiger partial charge >= 0.3 is 6.18 Å². The minimum atomic E-state index is -4.86. The number of amides is 1. The number of nitrogens with zero attached hydrogens (tertiary/aromatic N) is 2. The summed E-state index contributed by atoms with van der Waals surface area (Å²) in [4.78, 5) is 28.0. The van der Waals surface area contributed by atoms with Crippen LogP contribution in [0.5, 0.6) is 0 Å². The minimum absolute atomic E-state index is 0.133. The number of fused-ring (bicyclic) bond motifs is 3. The number of aromatic amines is 1. The van der Waals surface area contributed by atoms with E-state index < -0.39 is 23.5 Å². The van der Waals surface area contributed by atoms with Crippen LogP contribution in [0.3, 0.4) is 0 Å². The number of alkyl halides is 3. The summed E-state index contributed by atoms with van der Waals surface area (Å²) in [6.07, 6.45) is -3.17. The Balaban J connectivity index is 1.56. The van der Waals surface area contributed by atoms with Crippen molar-refractivity contribution in [3.05, 3.63) is 75.5 Å². The van der Waals surface area contributed by atoms with Crippen molar-refractivity contribution in [3.63, 3.8) is 0 Å². The number of anilines is 1. The van der Waals surface area contributed by atoms with Crippen molar-refractivity contribution in [1.29, 1.82) is 0 Å². The maximum atomic E-state index is 14.0. The molecule has 3 N–H and O–H groups in total. The first-order chi connectivity index (χ1) is 16.2. The van der Waals surface area contributed by atoms with E-state index in [4.69, 9.17) is 0 Å². The van der Waals surface area contributed by atoms with Crippen molar-refractivity contribution < 1.29 is 22.4 Å². The van der Waals surface area contributed by atoms with Crippen molar-refractivity contribution in [2.24, 2.45) is 0 Å². The molecule has 1 amide bonds. The molecule has 0 aliphatic carbocycles. The molecule has 1 saturated heterocycles. The summed E-state index contributed by atoms with van der Waals surface area (Å²) in [7, 11) is 0. The SMILES string of the molecule is O=C(Nc1cccc2nn3c(C4CCNCC4)cc(=O)[nH]c3c12)c1ccc(C(F)(F)F)c(F)c1. The maximum Gasteiger partial charge on any atom is 0.419 e. The molecule has 4 aromatic rings. The monoisotopic (exact) mass is 473 g/mol. The summed E-state index contributed by atoms with van der Waals surface area (Å²) in [6.45, 7) is 1.65. The number of aromatic nitrogens is 3. The van der Waals surface area contributed by atoms with Gasteiger partial charge in [0.15, 0.2) is 0 Å². The Kier molecular flexibility index (Phi) is 5.35. The Bertz CT molecular complexity index is 1470. The number of hydrogen-bond acceptors (Lipinski definition) is 4. The molecule has 176 valence electrons. The van der Waals surface area contributed by atoms with Crippen LogP contribution in [0.25, 0.3) is 16.6 Å². The number of carbonyl (C=O) groups is 1. The van der Waals surface area contributed by atoms with Gasteiger partial charge in [-0.1, -0.05) is 6.07 Å². The molecule has 0 bridgehead atoms. The highest BCUT2D eigenvalue weighted by atomic mass is 19.4. The Labute approximate surface area is 189 Å². The lowest BCUT2D eigenvalue weighted by atomic mass is 9.94. The third-order valence-electron chi connectivity index (χ3n) is 6.01. The van der Waals surface area contributed by atoms with Gasteiger partial charge in [0.1, 0.15) is 11.5 Å². The predicted octanol–water partition coefficient (Wildman–Crippen LogP) is 4.05. The standard InChI is InChI=1S/C23H19F4N5O2/c24-15-10-13(4-5-14(15)23(25,26)27)22(34)29-16-2-1-3-17-20(16)21-30-19(33)11-18(32(21)31-17)12-6-8-28-9-7-12/h1-5,10-12,28H,6-9H2,(H,29,34)(H,30,33). The number of piperidine rings is 1. The van der Waals surface area contributed by atoms with Crippen LogP contribution in [0.1, 0.15) is 40.4 Å². The van der Waals surface area contributed by atoms with E-state index in [2.05, 4.69) is 20.7 Å². The predicted molar refractivity (Wildman–Crippen MR) is 118 cm³/mol. The third kappa shape index (κ3) is 3.92. The second-order valence-corrected chi connectivity index (χ2v) is 8.19. The number of halogens is 4. The van der Waals surface area contributed by atoms with Gasteiger partial charge in [0.05, 0.1) is 27.8 Å². The van der Waals surface area contributed by atoms with Gasteiger partial charge in [0.25, 0.3) is 11.5 Å². The molecule has 5 rings (SSSR count). The Hall–Kier alpha value is -3.73. The zero-order valence-electron chi connectivity index (χ0n) is 17.7. The topological polar surface area (TPSA) is 91.3 Å². The molecule has 0 unspecified atom stereocenters. The third-order valence-corrected chi connectivity index (χ3v) is 6.01. The van der Waals surface area contributed by atoms with Gasteiger partial charge in [-0.15, -0.1) is 0 Å². The van der Waals surface area contributed by atoms with Gasteiger partial charge in [0.2, 0.25) is 0 Å². The highest BCUT2D eigenvalue weighted by Crippen LogP contribution is 2.33. The van der Waals surface area contributed by atoms with Gasteiger partial charge < -0.3 is 15.6 Å². The molecule has 1 aliphatic rings. The second kappa shape index (κ2) is 8.24. The largest absolute Gasteiger partial charge is 0.419 e. The van der Waals surface area contributed by atoms with Gasteiger partial charge in [-0.25, -0.2) is 8.91 Å². The fourth-order valence-corrected chi connectivity index (χ4v) is 4.38. The summed E-state index contributed by atoms with van der Waals surface area (Å²) < 4.78 is 54.1. The smallest absolute Gasteiger partial charge is 0.321 e. The van der Waals surface area contributed by atoms with Gasteiger partial charge in [-0.3, -0.25) is 9.59 Å². The number of H-pyrrole nitrogens is 1. The van der Waals surface area contributed by atoms with Crippen LogP contribution in [-0.2, 0) is 6.18 Å². The quantitative estimate of drug-likeness (QED) is 0.392. The Morgan fingerprint density at radius 3 is 2.59 bits per heavy atom. The van der Waals surface area contributed by atoms with E-state index >= 15 is 0 Å². The highest BCUT2D eigenvalue weighted by molar-refractivity contribution is 6.11. The first-order valence-corrected chi connectivity index (χ1v) is 10.7. The van der Waals surface area contributed by atoms with Crippen LogP contribution in [0.4, 0.5) is 23.2 Å². The molecule has 0 radical (unpaired) electrons. The summed E-state index contributed by atoms with van der Waals surface area (Å²) in [6, 6.07) is 8.47. The molecule has 1 fully saturated rings. The highest BCUT2D eigenvalue weighted by Gasteiger charge is 2.34. The molecule has 0 spiro atoms. The first kappa shape index (κ1) is 22.1. The van der Waals surface area contributed by atoms with E-state index in [-0.39, 0.29) is 22.7 Å². The fraction of sp³-hybridized carbons (Fsp3) is 0.261. The van der Waals surface area contributed by atoms with Crippen LogP contribution >= 0.6 is 0 Å². The number of carbonyl (C=O) groups excluding carboxylic acids is 1. The molecule has 34 heavy (non-hydrogen) atoms. The van der Waals surface area contributed by atoms with Crippen LogP contribution in [0.2, 0.25) is 0 Å². The molecule has 2 aromatic carbocycles. The van der Waals surface area contributed by atoms with E-state index in [1.54, 1.807) is 22.7 Å². The Morgan fingerprint density at radius 1 is 1.12 bits per heavy atom. The molecule has 2 aromatic heterocycles. The zero-order valence-corrected chi connectivity index (χ0v) is 17.7. The maximum absolute atomic E-state index is 14.0. The lowest BCUT2D eigenvalue weighted by molar-refractivity contribution is -0.140. The van der Waals surface area contributed by atoms with E-state index in [1.807, 2.05) is 0 Å².